The van der Waals surface area contributed by atoms with Gasteiger partial charge in [-0.15, -0.1) is 0 Å². The number of halogens is 1. The lowest BCUT2D eigenvalue weighted by Gasteiger charge is -2.30. The van der Waals surface area contributed by atoms with E-state index in [2.05, 4.69) is 21.4 Å². The van der Waals surface area contributed by atoms with Gasteiger partial charge in [-0.2, -0.15) is 0 Å². The van der Waals surface area contributed by atoms with Crippen LogP contribution in [0.2, 0.25) is 0 Å². The van der Waals surface area contributed by atoms with Crippen LogP contribution in [-0.2, 0) is 15.7 Å². The van der Waals surface area contributed by atoms with Crippen LogP contribution >= 0.6 is 15.9 Å². The Balaban J connectivity index is 1.65. The summed E-state index contributed by atoms with van der Waals surface area (Å²) in [5, 5.41) is 2.08. The predicted molar refractivity (Wildman–Crippen MR) is 119 cm³/mol. The largest absolute Gasteiger partial charge is 0.489 e. The first-order valence-electron chi connectivity index (χ1n) is 9.39. The molecule has 0 aliphatic heterocycles. The summed E-state index contributed by atoms with van der Waals surface area (Å²) in [6.07, 6.45) is 6.69. The fraction of sp³-hybridized carbons (Fsp3) is 0.125. The zero-order valence-electron chi connectivity index (χ0n) is 15.8. The highest BCUT2D eigenvalue weighted by molar-refractivity contribution is 9.09. The van der Waals surface area contributed by atoms with Crippen LogP contribution in [0.25, 0.3) is 10.8 Å². The van der Waals surface area contributed by atoms with Gasteiger partial charge in [-0.25, -0.2) is 5.84 Å². The van der Waals surface area contributed by atoms with Crippen molar-refractivity contribution in [2.45, 2.75) is 17.4 Å². The SMILES string of the molecule is NNC(=O)c1ccc2ccccc2c1C1(Br)C=CC(OCc2ccccc2)=CC1. The molecule has 0 saturated carbocycles. The molecule has 29 heavy (non-hydrogen) atoms. The molecule has 1 aliphatic carbocycles. The number of allylic oxidation sites excluding steroid dienone is 3. The maximum absolute atomic E-state index is 12.5. The number of nitrogen functional groups attached to an aromatic ring is 1. The highest BCUT2D eigenvalue weighted by atomic mass is 79.9. The van der Waals surface area contributed by atoms with Gasteiger partial charge in [0.25, 0.3) is 5.91 Å². The molecule has 1 unspecified atom stereocenters. The molecule has 4 rings (SSSR count). The summed E-state index contributed by atoms with van der Waals surface area (Å²) in [5.74, 6) is 5.94. The lowest BCUT2D eigenvalue weighted by Crippen LogP contribution is -2.33. The van der Waals surface area contributed by atoms with Crippen molar-refractivity contribution in [2.75, 3.05) is 0 Å². The van der Waals surface area contributed by atoms with Gasteiger partial charge >= 0.3 is 0 Å². The molecule has 0 radical (unpaired) electrons. The molecule has 3 aromatic rings. The summed E-state index contributed by atoms with van der Waals surface area (Å²) in [7, 11) is 0. The monoisotopic (exact) mass is 448 g/mol. The van der Waals surface area contributed by atoms with Crippen LogP contribution in [0, 0.1) is 0 Å². The number of hydrogen-bond acceptors (Lipinski definition) is 3. The van der Waals surface area contributed by atoms with Crippen LogP contribution in [0.5, 0.6) is 0 Å². The Labute approximate surface area is 178 Å². The molecule has 0 spiro atoms. The van der Waals surface area contributed by atoms with Crippen LogP contribution in [-0.4, -0.2) is 5.91 Å². The zero-order valence-corrected chi connectivity index (χ0v) is 17.4. The van der Waals surface area contributed by atoms with Crippen molar-refractivity contribution >= 4 is 32.6 Å². The van der Waals surface area contributed by atoms with Gasteiger partial charge in [0.15, 0.2) is 0 Å². The first-order chi connectivity index (χ1) is 14.1. The molecule has 0 heterocycles. The van der Waals surface area contributed by atoms with E-state index in [1.807, 2.05) is 85.0 Å². The van der Waals surface area contributed by atoms with E-state index in [0.717, 1.165) is 27.7 Å². The second-order valence-corrected chi connectivity index (χ2v) is 8.38. The van der Waals surface area contributed by atoms with Gasteiger partial charge in [0, 0.05) is 5.56 Å². The van der Waals surface area contributed by atoms with E-state index in [1.165, 1.54) is 0 Å². The lowest BCUT2D eigenvalue weighted by molar-refractivity contribution is 0.0952. The molecule has 0 fully saturated rings. The number of alkyl halides is 1. The smallest absolute Gasteiger partial charge is 0.265 e. The number of hydrazine groups is 1. The summed E-state index contributed by atoms with van der Waals surface area (Å²) < 4.78 is 5.41. The van der Waals surface area contributed by atoms with Crippen LogP contribution in [0.4, 0.5) is 0 Å². The van der Waals surface area contributed by atoms with Gasteiger partial charge in [0.05, 0.1) is 4.32 Å². The summed E-state index contributed by atoms with van der Waals surface area (Å²) >= 11 is 3.89. The maximum atomic E-state index is 12.5. The van der Waals surface area contributed by atoms with E-state index in [9.17, 15) is 4.79 Å². The van der Waals surface area contributed by atoms with Gasteiger partial charge in [0.1, 0.15) is 12.4 Å². The van der Waals surface area contributed by atoms with E-state index in [4.69, 9.17) is 10.6 Å². The van der Waals surface area contributed by atoms with Gasteiger partial charge in [0.2, 0.25) is 0 Å². The summed E-state index contributed by atoms with van der Waals surface area (Å²) in [4.78, 5) is 12.5. The van der Waals surface area contributed by atoms with E-state index in [-0.39, 0.29) is 5.91 Å². The fourth-order valence-electron chi connectivity index (χ4n) is 3.62. The second-order valence-electron chi connectivity index (χ2n) is 6.96. The van der Waals surface area contributed by atoms with Crippen molar-refractivity contribution < 1.29 is 9.53 Å². The minimum Gasteiger partial charge on any atom is -0.489 e. The average molecular weight is 449 g/mol. The molecule has 1 atom stereocenters. The molecule has 0 bridgehead atoms. The number of rotatable bonds is 5. The van der Waals surface area contributed by atoms with Crippen LogP contribution in [0.1, 0.15) is 27.9 Å². The quantitative estimate of drug-likeness (QED) is 0.247. The Morgan fingerprint density at radius 2 is 1.83 bits per heavy atom. The molecule has 3 N–H and O–H groups in total. The third kappa shape index (κ3) is 3.97. The highest BCUT2D eigenvalue weighted by Gasteiger charge is 2.33. The standard InChI is InChI=1S/C24H21BrN2O2/c25-24(14-12-19(13-15-24)29-16-17-6-2-1-3-7-17)22-20-9-5-4-8-18(20)10-11-21(22)23(28)27-26/h1-14H,15-16,26H2,(H,27,28). The topological polar surface area (TPSA) is 64.3 Å². The van der Waals surface area contributed by atoms with Crippen molar-refractivity contribution in [3.63, 3.8) is 0 Å². The molecule has 5 heteroatoms. The Bertz CT molecular complexity index is 1110. The lowest BCUT2D eigenvalue weighted by atomic mass is 9.84. The number of nitrogens with two attached hydrogens (primary N) is 1. The molecule has 0 saturated heterocycles. The van der Waals surface area contributed by atoms with Crippen molar-refractivity contribution in [3.05, 3.63) is 107 Å². The highest BCUT2D eigenvalue weighted by Crippen LogP contribution is 2.45. The third-order valence-electron chi connectivity index (χ3n) is 5.08. The molecular formula is C24H21BrN2O2. The number of carbonyl (C=O) groups excluding carboxylic acids is 1. The number of hydrogen-bond donors (Lipinski definition) is 2. The number of carbonyl (C=O) groups is 1. The van der Waals surface area contributed by atoms with Crippen LogP contribution in [0.3, 0.4) is 0 Å². The number of ether oxygens (including phenoxy) is 1. The zero-order chi connectivity index (χ0) is 20.3. The second kappa shape index (κ2) is 8.23. The Hall–Kier alpha value is -2.89. The third-order valence-corrected chi connectivity index (χ3v) is 6.07. The number of amides is 1. The van der Waals surface area contributed by atoms with E-state index < -0.39 is 4.32 Å². The van der Waals surface area contributed by atoms with Gasteiger partial charge in [-0.05, 0) is 46.5 Å². The fourth-order valence-corrected chi connectivity index (χ4v) is 4.34. The minimum absolute atomic E-state index is 0.312. The van der Waals surface area contributed by atoms with Gasteiger partial charge in [-0.1, -0.05) is 82.7 Å². The predicted octanol–water partition coefficient (Wildman–Crippen LogP) is 5.09. The van der Waals surface area contributed by atoms with Crippen LogP contribution < -0.4 is 11.3 Å². The number of benzene rings is 3. The summed E-state index contributed by atoms with van der Waals surface area (Å²) in [6.45, 7) is 0.515. The van der Waals surface area contributed by atoms with E-state index >= 15 is 0 Å². The minimum atomic E-state index is -0.532. The molecule has 146 valence electrons. The Morgan fingerprint density at radius 3 is 2.55 bits per heavy atom. The number of nitrogens with one attached hydrogen (secondary N) is 1. The molecule has 1 amide bonds. The first-order valence-corrected chi connectivity index (χ1v) is 10.2. The summed E-state index contributed by atoms with van der Waals surface area (Å²) in [6, 6.07) is 21.8. The van der Waals surface area contributed by atoms with E-state index in [0.29, 0.717) is 18.6 Å². The Kier molecular flexibility index (Phi) is 5.51. The van der Waals surface area contributed by atoms with Gasteiger partial charge < -0.3 is 4.74 Å². The molecule has 3 aromatic carbocycles. The molecular weight excluding hydrogens is 428 g/mol. The van der Waals surface area contributed by atoms with Crippen LogP contribution in [0.15, 0.2) is 90.7 Å². The molecule has 4 nitrogen and oxygen atoms in total. The van der Waals surface area contributed by atoms with Crippen molar-refractivity contribution in [1.29, 1.82) is 0 Å². The van der Waals surface area contributed by atoms with Crippen molar-refractivity contribution in [1.82, 2.24) is 5.43 Å². The Morgan fingerprint density at radius 1 is 1.07 bits per heavy atom. The summed E-state index contributed by atoms with van der Waals surface area (Å²) in [5.41, 5.74) is 4.83. The normalized spacial score (nSPS) is 18.3. The van der Waals surface area contributed by atoms with Gasteiger partial charge in [-0.3, -0.25) is 10.2 Å². The molecule has 1 aliphatic rings. The van der Waals surface area contributed by atoms with Crippen molar-refractivity contribution in [2.24, 2.45) is 5.84 Å². The first kappa shape index (κ1) is 19.4. The van der Waals surface area contributed by atoms with E-state index in [1.54, 1.807) is 0 Å². The molecule has 0 aromatic heterocycles. The maximum Gasteiger partial charge on any atom is 0.265 e. The van der Waals surface area contributed by atoms with Crippen molar-refractivity contribution in [3.8, 4) is 0 Å². The number of fused-ring (bicyclic) bond motifs is 1. The average Bonchev–Trinajstić information content (AvgIpc) is 2.78.